The lowest BCUT2D eigenvalue weighted by Gasteiger charge is -2.17. The molecule has 1 fully saturated rings. The zero-order valence-electron chi connectivity index (χ0n) is 9.17. The van der Waals surface area contributed by atoms with Crippen molar-refractivity contribution in [3.8, 4) is 0 Å². The van der Waals surface area contributed by atoms with Crippen LogP contribution in [0.4, 0.5) is 0 Å². The Morgan fingerprint density at radius 2 is 2.29 bits per heavy atom. The number of aliphatic hydroxyl groups excluding tert-OH is 1. The summed E-state index contributed by atoms with van der Waals surface area (Å²) < 4.78 is 5.61. The molecule has 2 N–H and O–H groups in total. The molecule has 0 bridgehead atoms. The van der Waals surface area contributed by atoms with Crippen molar-refractivity contribution in [2.45, 2.75) is 38.7 Å². The average molecular weight is 201 g/mol. The molecule has 84 valence electrons. The minimum atomic E-state index is 0.311. The number of nitrogens with one attached hydrogen (secondary N) is 1. The van der Waals surface area contributed by atoms with Gasteiger partial charge in [0.15, 0.2) is 0 Å². The van der Waals surface area contributed by atoms with Crippen LogP contribution in [0.2, 0.25) is 0 Å². The number of hydrogen-bond acceptors (Lipinski definition) is 3. The molecular formula is C11H23NO2. The summed E-state index contributed by atoms with van der Waals surface area (Å²) in [5, 5.41) is 12.0. The van der Waals surface area contributed by atoms with Gasteiger partial charge >= 0.3 is 0 Å². The highest BCUT2D eigenvalue weighted by Crippen LogP contribution is 2.22. The van der Waals surface area contributed by atoms with Gasteiger partial charge in [-0.3, -0.25) is 0 Å². The Bertz CT molecular complexity index is 141. The normalized spacial score (nSPS) is 27.0. The summed E-state index contributed by atoms with van der Waals surface area (Å²) in [6.07, 6.45) is 4.78. The van der Waals surface area contributed by atoms with Crippen LogP contribution in [0.3, 0.4) is 0 Å². The Morgan fingerprint density at radius 1 is 1.43 bits per heavy atom. The fourth-order valence-corrected chi connectivity index (χ4v) is 2.03. The van der Waals surface area contributed by atoms with Gasteiger partial charge in [-0.05, 0) is 38.1 Å². The molecule has 0 aromatic heterocycles. The molecule has 3 nitrogen and oxygen atoms in total. The van der Waals surface area contributed by atoms with Gasteiger partial charge in [-0.15, -0.1) is 0 Å². The van der Waals surface area contributed by atoms with Crippen LogP contribution in [0.1, 0.15) is 32.6 Å². The first-order valence-corrected chi connectivity index (χ1v) is 5.81. The fraction of sp³-hybridized carbons (Fsp3) is 1.00. The number of unbranched alkanes of at least 4 members (excludes halogenated alkanes) is 1. The second kappa shape index (κ2) is 7.21. The predicted molar refractivity (Wildman–Crippen MR) is 57.3 cm³/mol. The third kappa shape index (κ3) is 3.95. The maximum Gasteiger partial charge on any atom is 0.0613 e. The van der Waals surface area contributed by atoms with Crippen LogP contribution in [0.5, 0.6) is 0 Å². The maximum atomic E-state index is 8.61. The topological polar surface area (TPSA) is 41.5 Å². The van der Waals surface area contributed by atoms with E-state index in [9.17, 15) is 0 Å². The van der Waals surface area contributed by atoms with Crippen LogP contribution in [0, 0.1) is 5.92 Å². The smallest absolute Gasteiger partial charge is 0.0613 e. The highest BCUT2D eigenvalue weighted by Gasteiger charge is 2.25. The molecule has 1 aliphatic rings. The SMILES string of the molecule is CCC1OCCC1CNCCCCO. The second-order valence-corrected chi connectivity index (χ2v) is 4.00. The third-order valence-corrected chi connectivity index (χ3v) is 2.92. The first kappa shape index (κ1) is 12.0. The van der Waals surface area contributed by atoms with Crippen molar-refractivity contribution >= 4 is 0 Å². The van der Waals surface area contributed by atoms with Gasteiger partial charge in [0.2, 0.25) is 0 Å². The first-order chi connectivity index (χ1) is 6.88. The molecule has 1 rings (SSSR count). The Kier molecular flexibility index (Phi) is 6.15. The van der Waals surface area contributed by atoms with Gasteiger partial charge in [-0.1, -0.05) is 6.92 Å². The number of rotatable bonds is 7. The van der Waals surface area contributed by atoms with Crippen molar-refractivity contribution in [3.63, 3.8) is 0 Å². The molecule has 1 aliphatic heterocycles. The van der Waals surface area contributed by atoms with Gasteiger partial charge in [-0.2, -0.15) is 0 Å². The quantitative estimate of drug-likeness (QED) is 0.607. The lowest BCUT2D eigenvalue weighted by molar-refractivity contribution is 0.0873. The lowest BCUT2D eigenvalue weighted by atomic mass is 10.00. The van der Waals surface area contributed by atoms with Crippen LogP contribution in [0.25, 0.3) is 0 Å². The van der Waals surface area contributed by atoms with Gasteiger partial charge in [-0.25, -0.2) is 0 Å². The molecule has 1 saturated heterocycles. The molecule has 0 aromatic rings. The zero-order chi connectivity index (χ0) is 10.2. The summed E-state index contributed by atoms with van der Waals surface area (Å²) >= 11 is 0. The zero-order valence-corrected chi connectivity index (χ0v) is 9.17. The van der Waals surface area contributed by atoms with Crippen LogP contribution in [0.15, 0.2) is 0 Å². The number of hydrogen-bond donors (Lipinski definition) is 2. The maximum absolute atomic E-state index is 8.61. The fourth-order valence-electron chi connectivity index (χ4n) is 2.03. The number of aliphatic hydroxyl groups is 1. The van der Waals surface area contributed by atoms with Crippen LogP contribution in [-0.2, 0) is 4.74 Å². The van der Waals surface area contributed by atoms with E-state index in [0.717, 1.165) is 39.0 Å². The highest BCUT2D eigenvalue weighted by molar-refractivity contribution is 4.76. The van der Waals surface area contributed by atoms with Gasteiger partial charge in [0.1, 0.15) is 0 Å². The summed E-state index contributed by atoms with van der Waals surface area (Å²) in [5.41, 5.74) is 0. The molecular weight excluding hydrogens is 178 g/mol. The first-order valence-electron chi connectivity index (χ1n) is 5.81. The molecule has 1 heterocycles. The van der Waals surface area contributed by atoms with E-state index < -0.39 is 0 Å². The molecule has 0 amide bonds. The molecule has 2 atom stereocenters. The standard InChI is InChI=1S/C11H23NO2/c1-2-11-10(5-8-14-11)9-12-6-3-4-7-13/h10-13H,2-9H2,1H3. The Balaban J connectivity index is 2.00. The molecule has 3 heteroatoms. The average Bonchev–Trinajstić information content (AvgIpc) is 2.65. The third-order valence-electron chi connectivity index (χ3n) is 2.92. The Hall–Kier alpha value is -0.120. The van der Waals surface area contributed by atoms with Crippen LogP contribution < -0.4 is 5.32 Å². The van der Waals surface area contributed by atoms with Crippen molar-refractivity contribution < 1.29 is 9.84 Å². The largest absolute Gasteiger partial charge is 0.396 e. The molecule has 0 aromatic carbocycles. The molecule has 0 aliphatic carbocycles. The van der Waals surface area contributed by atoms with Crippen molar-refractivity contribution in [3.05, 3.63) is 0 Å². The van der Waals surface area contributed by atoms with E-state index in [1.54, 1.807) is 0 Å². The van der Waals surface area contributed by atoms with Gasteiger partial charge < -0.3 is 15.2 Å². The van der Waals surface area contributed by atoms with E-state index in [-0.39, 0.29) is 0 Å². The summed E-state index contributed by atoms with van der Waals surface area (Å²) in [7, 11) is 0. The van der Waals surface area contributed by atoms with Crippen molar-refractivity contribution in [2.24, 2.45) is 5.92 Å². The lowest BCUT2D eigenvalue weighted by Crippen LogP contribution is -2.28. The van der Waals surface area contributed by atoms with Crippen LogP contribution in [-0.4, -0.2) is 37.5 Å². The van der Waals surface area contributed by atoms with E-state index in [1.807, 2.05) is 0 Å². The van der Waals surface area contributed by atoms with Crippen molar-refractivity contribution in [2.75, 3.05) is 26.3 Å². The van der Waals surface area contributed by atoms with Crippen LogP contribution >= 0.6 is 0 Å². The van der Waals surface area contributed by atoms with E-state index in [1.165, 1.54) is 6.42 Å². The van der Waals surface area contributed by atoms with Gasteiger partial charge in [0, 0.05) is 19.8 Å². The predicted octanol–water partition coefficient (Wildman–Crippen LogP) is 1.16. The Morgan fingerprint density at radius 3 is 3.00 bits per heavy atom. The van der Waals surface area contributed by atoms with E-state index in [4.69, 9.17) is 9.84 Å². The number of ether oxygens (including phenoxy) is 1. The summed E-state index contributed by atoms with van der Waals surface area (Å²) in [6.45, 7) is 5.53. The Labute approximate surface area is 86.8 Å². The summed E-state index contributed by atoms with van der Waals surface area (Å²) in [5.74, 6) is 0.703. The van der Waals surface area contributed by atoms with Crippen molar-refractivity contribution in [1.82, 2.24) is 5.32 Å². The van der Waals surface area contributed by atoms with Gasteiger partial charge in [0.25, 0.3) is 0 Å². The second-order valence-electron chi connectivity index (χ2n) is 4.00. The summed E-state index contributed by atoms with van der Waals surface area (Å²) in [6, 6.07) is 0. The molecule has 0 spiro atoms. The monoisotopic (exact) mass is 201 g/mol. The molecule has 2 unspecified atom stereocenters. The molecule has 0 saturated carbocycles. The minimum Gasteiger partial charge on any atom is -0.396 e. The highest BCUT2D eigenvalue weighted by atomic mass is 16.5. The van der Waals surface area contributed by atoms with E-state index >= 15 is 0 Å². The molecule has 14 heavy (non-hydrogen) atoms. The van der Waals surface area contributed by atoms with E-state index in [2.05, 4.69) is 12.2 Å². The van der Waals surface area contributed by atoms with Gasteiger partial charge in [0.05, 0.1) is 6.10 Å². The minimum absolute atomic E-state index is 0.311. The van der Waals surface area contributed by atoms with E-state index in [0.29, 0.717) is 18.6 Å². The summed E-state index contributed by atoms with van der Waals surface area (Å²) in [4.78, 5) is 0. The molecule has 0 radical (unpaired) electrons. The van der Waals surface area contributed by atoms with Crippen molar-refractivity contribution in [1.29, 1.82) is 0 Å².